The maximum Gasteiger partial charge on any atom is 0.253 e. The number of benzene rings is 1. The summed E-state index contributed by atoms with van der Waals surface area (Å²) in [4.78, 5) is 24.4. The van der Waals surface area contributed by atoms with Gasteiger partial charge in [-0.25, -0.2) is 4.98 Å². The van der Waals surface area contributed by atoms with Crippen LogP contribution in [-0.4, -0.2) is 15.9 Å². The van der Waals surface area contributed by atoms with Crippen LogP contribution in [0.4, 0.5) is 5.13 Å². The Hall–Kier alpha value is -2.54. The van der Waals surface area contributed by atoms with E-state index in [0.717, 1.165) is 15.1 Å². The molecule has 0 atom stereocenters. The Morgan fingerprint density at radius 3 is 2.85 bits per heavy atom. The highest BCUT2D eigenvalue weighted by atomic mass is 35.5. The van der Waals surface area contributed by atoms with E-state index in [1.165, 1.54) is 11.3 Å². The van der Waals surface area contributed by atoms with Crippen LogP contribution in [0.1, 0.15) is 10.4 Å². The van der Waals surface area contributed by atoms with Gasteiger partial charge in [0.15, 0.2) is 5.13 Å². The number of hydrogen-bond donors (Lipinski definition) is 0. The van der Waals surface area contributed by atoms with Crippen molar-refractivity contribution in [2.75, 3.05) is 4.90 Å². The lowest BCUT2D eigenvalue weighted by Gasteiger charge is -2.18. The molecule has 0 bridgehead atoms. The minimum absolute atomic E-state index is 0.137. The van der Waals surface area contributed by atoms with E-state index < -0.39 is 0 Å². The molecule has 0 aliphatic heterocycles. The third kappa shape index (κ3) is 4.08. The summed E-state index contributed by atoms with van der Waals surface area (Å²) in [6.07, 6.45) is 6.87. The molecule has 3 aromatic heterocycles. The molecule has 27 heavy (non-hydrogen) atoms. The monoisotopic (exact) mass is 411 g/mol. The van der Waals surface area contributed by atoms with Crippen LogP contribution in [0.2, 0.25) is 5.02 Å². The van der Waals surface area contributed by atoms with Gasteiger partial charge in [-0.05, 0) is 41.3 Å². The molecule has 4 aromatic rings. The average molecular weight is 412 g/mol. The summed E-state index contributed by atoms with van der Waals surface area (Å²) in [6.45, 7) is 0.388. The summed E-state index contributed by atoms with van der Waals surface area (Å²) in [7, 11) is 0. The van der Waals surface area contributed by atoms with E-state index >= 15 is 0 Å². The number of hydrogen-bond acceptors (Lipinski definition) is 5. The van der Waals surface area contributed by atoms with Crippen LogP contribution in [0, 0.1) is 0 Å². The summed E-state index contributed by atoms with van der Waals surface area (Å²) in [6, 6.07) is 13.4. The van der Waals surface area contributed by atoms with Gasteiger partial charge in [0.2, 0.25) is 0 Å². The number of anilines is 1. The van der Waals surface area contributed by atoms with Crippen molar-refractivity contribution in [3.63, 3.8) is 0 Å². The van der Waals surface area contributed by atoms with Gasteiger partial charge in [0.1, 0.15) is 5.52 Å². The number of para-hydroxylation sites is 1. The molecule has 7 heteroatoms. The molecule has 0 aliphatic rings. The normalized spacial score (nSPS) is 11.3. The Morgan fingerprint density at radius 2 is 2.11 bits per heavy atom. The van der Waals surface area contributed by atoms with Crippen LogP contribution >= 0.6 is 34.3 Å². The van der Waals surface area contributed by atoms with Gasteiger partial charge >= 0.3 is 0 Å². The summed E-state index contributed by atoms with van der Waals surface area (Å²) in [5.74, 6) is -0.137. The quantitative estimate of drug-likeness (QED) is 0.398. The standard InChI is InChI=1S/C20H14ClN3OS2/c21-16-6-1-7-17-19(16)23-20(27-17)24(13-14-4-2-10-22-12-14)18(25)9-8-15-5-3-11-26-15/h1-12H,13H2. The van der Waals surface area contributed by atoms with E-state index in [9.17, 15) is 4.79 Å². The number of carbonyl (C=O) groups is 1. The molecular formula is C20H14ClN3OS2. The van der Waals surface area contributed by atoms with Gasteiger partial charge in [-0.2, -0.15) is 0 Å². The molecule has 0 saturated heterocycles. The highest BCUT2D eigenvalue weighted by molar-refractivity contribution is 7.22. The zero-order valence-corrected chi connectivity index (χ0v) is 16.5. The van der Waals surface area contributed by atoms with Crippen LogP contribution in [0.15, 0.2) is 66.3 Å². The average Bonchev–Trinajstić information content (AvgIpc) is 3.35. The molecular weight excluding hydrogens is 398 g/mol. The van der Waals surface area contributed by atoms with E-state index in [2.05, 4.69) is 9.97 Å². The summed E-state index contributed by atoms with van der Waals surface area (Å²) >= 11 is 9.29. The fraction of sp³-hybridized carbons (Fsp3) is 0.0500. The predicted octanol–water partition coefficient (Wildman–Crippen LogP) is 5.65. The molecule has 0 spiro atoms. The van der Waals surface area contributed by atoms with Gasteiger partial charge in [-0.1, -0.05) is 41.1 Å². The Kier molecular flexibility index (Phi) is 5.29. The second-order valence-electron chi connectivity index (χ2n) is 5.72. The second-order valence-corrected chi connectivity index (χ2v) is 8.11. The van der Waals surface area contributed by atoms with Crippen molar-refractivity contribution in [2.24, 2.45) is 0 Å². The largest absolute Gasteiger partial charge is 0.280 e. The Morgan fingerprint density at radius 1 is 1.19 bits per heavy atom. The van der Waals surface area contributed by atoms with E-state index in [0.29, 0.717) is 22.2 Å². The highest BCUT2D eigenvalue weighted by Gasteiger charge is 2.19. The lowest BCUT2D eigenvalue weighted by Crippen LogP contribution is -2.28. The third-order valence-electron chi connectivity index (χ3n) is 3.85. The molecule has 0 N–H and O–H groups in total. The third-order valence-corrected chi connectivity index (χ3v) is 6.04. The minimum atomic E-state index is -0.137. The maximum absolute atomic E-state index is 13.0. The number of halogens is 1. The van der Waals surface area contributed by atoms with Crippen molar-refractivity contribution >= 4 is 61.6 Å². The summed E-state index contributed by atoms with van der Waals surface area (Å²) in [5, 5.41) is 3.17. The zero-order chi connectivity index (χ0) is 18.6. The Bertz CT molecular complexity index is 1090. The molecule has 1 aromatic carbocycles. The number of aromatic nitrogens is 2. The summed E-state index contributed by atoms with van der Waals surface area (Å²) < 4.78 is 0.948. The van der Waals surface area contributed by atoms with Gasteiger partial charge in [-0.15, -0.1) is 11.3 Å². The van der Waals surface area contributed by atoms with Crippen molar-refractivity contribution in [1.29, 1.82) is 0 Å². The van der Waals surface area contributed by atoms with Crippen LogP contribution in [0.5, 0.6) is 0 Å². The van der Waals surface area contributed by atoms with E-state index in [-0.39, 0.29) is 5.91 Å². The molecule has 4 nitrogen and oxygen atoms in total. The van der Waals surface area contributed by atoms with E-state index in [1.807, 2.05) is 47.9 Å². The second kappa shape index (κ2) is 8.00. The van der Waals surface area contributed by atoms with Gasteiger partial charge in [0.05, 0.1) is 16.3 Å². The maximum atomic E-state index is 13.0. The molecule has 0 fully saturated rings. The highest BCUT2D eigenvalue weighted by Crippen LogP contribution is 2.33. The van der Waals surface area contributed by atoms with E-state index in [1.54, 1.807) is 40.8 Å². The molecule has 4 rings (SSSR count). The van der Waals surface area contributed by atoms with Crippen molar-refractivity contribution in [3.8, 4) is 0 Å². The number of amides is 1. The van der Waals surface area contributed by atoms with Gasteiger partial charge in [0.25, 0.3) is 5.91 Å². The first-order chi connectivity index (χ1) is 13.2. The lowest BCUT2D eigenvalue weighted by molar-refractivity contribution is -0.114. The van der Waals surface area contributed by atoms with Gasteiger partial charge < -0.3 is 0 Å². The SMILES string of the molecule is O=C(C=Cc1cccs1)N(Cc1cccnc1)c1nc2c(Cl)cccc2s1. The van der Waals surface area contributed by atoms with Gasteiger partial charge in [0, 0.05) is 23.3 Å². The predicted molar refractivity (Wildman–Crippen MR) is 113 cm³/mol. The molecule has 3 heterocycles. The van der Waals surface area contributed by atoms with Crippen molar-refractivity contribution in [2.45, 2.75) is 6.54 Å². The van der Waals surface area contributed by atoms with Crippen molar-refractivity contribution < 1.29 is 4.79 Å². The van der Waals surface area contributed by atoms with Gasteiger partial charge in [-0.3, -0.25) is 14.7 Å². The number of rotatable bonds is 5. The first kappa shape index (κ1) is 17.9. The number of pyridine rings is 1. The topological polar surface area (TPSA) is 46.1 Å². The van der Waals surface area contributed by atoms with E-state index in [4.69, 9.17) is 11.6 Å². The summed E-state index contributed by atoms with van der Waals surface area (Å²) in [5.41, 5.74) is 1.64. The number of thiazole rings is 1. The molecule has 0 unspecified atom stereocenters. The fourth-order valence-electron chi connectivity index (χ4n) is 2.56. The molecule has 134 valence electrons. The number of nitrogens with zero attached hydrogens (tertiary/aromatic N) is 3. The minimum Gasteiger partial charge on any atom is -0.280 e. The molecule has 0 saturated carbocycles. The van der Waals surface area contributed by atoms with Crippen LogP contribution in [0.3, 0.4) is 0 Å². The van der Waals surface area contributed by atoms with Crippen LogP contribution in [0.25, 0.3) is 16.3 Å². The van der Waals surface area contributed by atoms with Crippen molar-refractivity contribution in [3.05, 3.63) is 81.8 Å². The number of carbonyl (C=O) groups excluding carboxylic acids is 1. The van der Waals surface area contributed by atoms with Crippen LogP contribution < -0.4 is 4.90 Å². The smallest absolute Gasteiger partial charge is 0.253 e. The first-order valence-corrected chi connectivity index (χ1v) is 10.2. The number of thiophene rings is 1. The Balaban J connectivity index is 1.70. The Labute approximate surface area is 169 Å². The zero-order valence-electron chi connectivity index (χ0n) is 14.1. The molecule has 0 radical (unpaired) electrons. The lowest BCUT2D eigenvalue weighted by atomic mass is 10.2. The van der Waals surface area contributed by atoms with Crippen molar-refractivity contribution in [1.82, 2.24) is 9.97 Å². The molecule has 1 amide bonds. The fourth-order valence-corrected chi connectivity index (χ4v) is 4.45. The first-order valence-electron chi connectivity index (χ1n) is 8.18. The van der Waals surface area contributed by atoms with Crippen LogP contribution in [-0.2, 0) is 11.3 Å². The molecule has 0 aliphatic carbocycles. The number of fused-ring (bicyclic) bond motifs is 1.